The van der Waals surface area contributed by atoms with Crippen molar-refractivity contribution < 1.29 is 4.92 Å². The van der Waals surface area contributed by atoms with Crippen molar-refractivity contribution in [3.05, 3.63) is 53.0 Å². The number of aromatic amines is 1. The van der Waals surface area contributed by atoms with Crippen LogP contribution in [0.15, 0.2) is 42.9 Å². The predicted octanol–water partition coefficient (Wildman–Crippen LogP) is 2.61. The van der Waals surface area contributed by atoms with Crippen LogP contribution in [0, 0.1) is 10.1 Å². The van der Waals surface area contributed by atoms with Crippen LogP contribution in [0.4, 0.5) is 17.1 Å². The lowest BCUT2D eigenvalue weighted by molar-refractivity contribution is -0.384. The highest BCUT2D eigenvalue weighted by atomic mass is 16.6. The van der Waals surface area contributed by atoms with E-state index in [-0.39, 0.29) is 5.69 Å². The number of anilines is 2. The fourth-order valence-electron chi connectivity index (χ4n) is 1.81. The summed E-state index contributed by atoms with van der Waals surface area (Å²) in [6.07, 6.45) is 4.53. The Morgan fingerprint density at radius 3 is 3.00 bits per heavy atom. The molecule has 2 N–H and O–H groups in total. The van der Waals surface area contributed by atoms with Gasteiger partial charge in [-0.3, -0.25) is 20.2 Å². The second kappa shape index (κ2) is 4.37. The van der Waals surface area contributed by atoms with Gasteiger partial charge in [0, 0.05) is 23.3 Å². The Kier molecular flexibility index (Phi) is 2.57. The van der Waals surface area contributed by atoms with Crippen LogP contribution < -0.4 is 5.32 Å². The molecular weight excluding hydrogens is 246 g/mol. The van der Waals surface area contributed by atoms with Crippen molar-refractivity contribution in [1.29, 1.82) is 0 Å². The Morgan fingerprint density at radius 1 is 1.26 bits per heavy atom. The Morgan fingerprint density at radius 2 is 2.16 bits per heavy atom. The van der Waals surface area contributed by atoms with Crippen LogP contribution in [0.5, 0.6) is 0 Å². The van der Waals surface area contributed by atoms with E-state index in [9.17, 15) is 10.1 Å². The molecule has 0 radical (unpaired) electrons. The van der Waals surface area contributed by atoms with Crippen LogP contribution in [0.3, 0.4) is 0 Å². The lowest BCUT2D eigenvalue weighted by Crippen LogP contribution is -1.97. The number of H-pyrrole nitrogens is 1. The number of nitro groups is 1. The number of aromatic nitrogens is 3. The average molecular weight is 255 g/mol. The van der Waals surface area contributed by atoms with Gasteiger partial charge in [-0.2, -0.15) is 5.10 Å². The van der Waals surface area contributed by atoms with Crippen molar-refractivity contribution in [2.45, 2.75) is 0 Å². The minimum atomic E-state index is -0.446. The number of pyridine rings is 1. The van der Waals surface area contributed by atoms with Gasteiger partial charge in [-0.15, -0.1) is 0 Å². The lowest BCUT2D eigenvalue weighted by Gasteiger charge is -2.06. The highest BCUT2D eigenvalue weighted by molar-refractivity contribution is 5.83. The van der Waals surface area contributed by atoms with Crippen LogP contribution >= 0.6 is 0 Å². The molecule has 0 aliphatic rings. The summed E-state index contributed by atoms with van der Waals surface area (Å²) in [6, 6.07) is 6.90. The summed E-state index contributed by atoms with van der Waals surface area (Å²) in [4.78, 5) is 14.3. The van der Waals surface area contributed by atoms with Crippen molar-refractivity contribution in [3.8, 4) is 0 Å². The molecule has 7 nitrogen and oxygen atoms in total. The molecular formula is C12H9N5O2. The fourth-order valence-corrected chi connectivity index (χ4v) is 1.81. The molecule has 94 valence electrons. The van der Waals surface area contributed by atoms with Gasteiger partial charge in [0.2, 0.25) is 0 Å². The molecule has 2 heterocycles. The van der Waals surface area contributed by atoms with Crippen molar-refractivity contribution >= 4 is 28.0 Å². The third-order valence-electron chi connectivity index (χ3n) is 2.72. The molecule has 0 aliphatic carbocycles. The van der Waals surface area contributed by atoms with Gasteiger partial charge in [0.25, 0.3) is 5.69 Å². The maximum atomic E-state index is 10.9. The maximum Gasteiger partial charge on any atom is 0.295 e. The van der Waals surface area contributed by atoms with E-state index in [1.807, 2.05) is 18.2 Å². The number of hydrogen-bond donors (Lipinski definition) is 2. The second-order valence-electron chi connectivity index (χ2n) is 3.95. The van der Waals surface area contributed by atoms with Gasteiger partial charge in [-0.25, -0.2) is 0 Å². The van der Waals surface area contributed by atoms with Gasteiger partial charge in [0.1, 0.15) is 5.69 Å². The Balaban J connectivity index is 1.98. The first-order valence-electron chi connectivity index (χ1n) is 5.52. The zero-order valence-electron chi connectivity index (χ0n) is 9.70. The van der Waals surface area contributed by atoms with E-state index in [1.165, 1.54) is 18.5 Å². The summed E-state index contributed by atoms with van der Waals surface area (Å²) in [5.41, 5.74) is 1.93. The second-order valence-corrected chi connectivity index (χ2v) is 3.95. The van der Waals surface area contributed by atoms with Gasteiger partial charge in [0.15, 0.2) is 0 Å². The largest absolute Gasteiger partial charge is 0.349 e. The standard InChI is InChI=1S/C12H9N5O2/c18-17(19)12-3-4-13-7-11(12)15-9-2-1-8-6-14-16-10(8)5-9/h1-7,15H,(H,14,16). The Hall–Kier alpha value is -2.96. The monoisotopic (exact) mass is 255 g/mol. The van der Waals surface area contributed by atoms with E-state index in [0.717, 1.165) is 16.6 Å². The molecule has 3 aromatic rings. The van der Waals surface area contributed by atoms with Gasteiger partial charge in [-0.05, 0) is 18.2 Å². The first kappa shape index (κ1) is 11.1. The van der Waals surface area contributed by atoms with E-state index >= 15 is 0 Å². The number of benzene rings is 1. The molecule has 0 fully saturated rings. The number of nitrogens with one attached hydrogen (secondary N) is 2. The topological polar surface area (TPSA) is 96.7 Å². The van der Waals surface area contributed by atoms with E-state index in [2.05, 4.69) is 20.5 Å². The van der Waals surface area contributed by atoms with Crippen molar-refractivity contribution in [3.63, 3.8) is 0 Å². The van der Waals surface area contributed by atoms with Gasteiger partial charge in [0.05, 0.1) is 22.8 Å². The van der Waals surface area contributed by atoms with Gasteiger partial charge >= 0.3 is 0 Å². The number of hydrogen-bond acceptors (Lipinski definition) is 5. The van der Waals surface area contributed by atoms with Crippen LogP contribution in [-0.2, 0) is 0 Å². The predicted molar refractivity (Wildman–Crippen MR) is 70.3 cm³/mol. The van der Waals surface area contributed by atoms with Crippen molar-refractivity contribution in [2.24, 2.45) is 0 Å². The van der Waals surface area contributed by atoms with E-state index < -0.39 is 4.92 Å². The molecule has 0 amide bonds. The van der Waals surface area contributed by atoms with Crippen LogP contribution in [0.25, 0.3) is 10.9 Å². The molecule has 3 rings (SSSR count). The maximum absolute atomic E-state index is 10.9. The first-order valence-corrected chi connectivity index (χ1v) is 5.52. The molecule has 0 atom stereocenters. The SMILES string of the molecule is O=[N+]([O-])c1ccncc1Nc1ccc2cn[nH]c2c1. The minimum absolute atomic E-state index is 0.0142. The summed E-state index contributed by atoms with van der Waals surface area (Å²) < 4.78 is 0. The first-order chi connectivity index (χ1) is 9.24. The van der Waals surface area contributed by atoms with E-state index in [0.29, 0.717) is 5.69 Å². The Bertz CT molecular complexity index is 752. The zero-order valence-corrected chi connectivity index (χ0v) is 9.70. The summed E-state index contributed by atoms with van der Waals surface area (Å²) in [5.74, 6) is 0. The van der Waals surface area contributed by atoms with E-state index in [4.69, 9.17) is 0 Å². The van der Waals surface area contributed by atoms with Crippen molar-refractivity contribution in [2.75, 3.05) is 5.32 Å². The normalized spacial score (nSPS) is 10.5. The zero-order chi connectivity index (χ0) is 13.2. The van der Waals surface area contributed by atoms with Crippen LogP contribution in [0.2, 0.25) is 0 Å². The summed E-state index contributed by atoms with van der Waals surface area (Å²) >= 11 is 0. The highest BCUT2D eigenvalue weighted by Gasteiger charge is 2.13. The summed E-state index contributed by atoms with van der Waals surface area (Å²) in [5, 5.41) is 21.6. The Labute approximate surface area is 107 Å². The van der Waals surface area contributed by atoms with Crippen molar-refractivity contribution in [1.82, 2.24) is 15.2 Å². The van der Waals surface area contributed by atoms with Crippen LogP contribution in [-0.4, -0.2) is 20.1 Å². The molecule has 0 bridgehead atoms. The van der Waals surface area contributed by atoms with Gasteiger partial charge in [-0.1, -0.05) is 0 Å². The third-order valence-corrected chi connectivity index (χ3v) is 2.72. The molecule has 2 aromatic heterocycles. The molecule has 1 aromatic carbocycles. The van der Waals surface area contributed by atoms with Gasteiger partial charge < -0.3 is 5.32 Å². The third kappa shape index (κ3) is 2.08. The number of rotatable bonds is 3. The molecule has 0 unspecified atom stereocenters. The number of fused-ring (bicyclic) bond motifs is 1. The van der Waals surface area contributed by atoms with Crippen LogP contribution in [0.1, 0.15) is 0 Å². The molecule has 7 heteroatoms. The molecule has 0 spiro atoms. The molecule has 0 aliphatic heterocycles. The lowest BCUT2D eigenvalue weighted by atomic mass is 10.2. The smallest absolute Gasteiger partial charge is 0.295 e. The van der Waals surface area contributed by atoms with E-state index in [1.54, 1.807) is 6.20 Å². The highest BCUT2D eigenvalue weighted by Crippen LogP contribution is 2.27. The average Bonchev–Trinajstić information content (AvgIpc) is 2.86. The summed E-state index contributed by atoms with van der Waals surface area (Å²) in [7, 11) is 0. The minimum Gasteiger partial charge on any atom is -0.349 e. The number of nitrogens with zero attached hydrogens (tertiary/aromatic N) is 3. The fraction of sp³-hybridized carbons (Fsp3) is 0. The molecule has 0 saturated carbocycles. The quantitative estimate of drug-likeness (QED) is 0.553. The molecule has 19 heavy (non-hydrogen) atoms. The summed E-state index contributed by atoms with van der Waals surface area (Å²) in [6.45, 7) is 0. The molecule has 0 saturated heterocycles.